The summed E-state index contributed by atoms with van der Waals surface area (Å²) < 4.78 is 25.5. The van der Waals surface area contributed by atoms with Gasteiger partial charge in [0, 0.05) is 18.8 Å². The van der Waals surface area contributed by atoms with Gasteiger partial charge < -0.3 is 10.6 Å². The Morgan fingerprint density at radius 2 is 1.82 bits per heavy atom. The Labute approximate surface area is 100 Å². The summed E-state index contributed by atoms with van der Waals surface area (Å²) in [6, 6.07) is 8.02. The second-order valence-electron chi connectivity index (χ2n) is 4.81. The van der Waals surface area contributed by atoms with Gasteiger partial charge in [-0.1, -0.05) is 18.2 Å². The predicted molar refractivity (Wildman–Crippen MR) is 65.5 cm³/mol. The Morgan fingerprint density at radius 3 is 2.35 bits per heavy atom. The molecular formula is C13H18F2N2. The van der Waals surface area contributed by atoms with Crippen LogP contribution in [0.2, 0.25) is 0 Å². The fourth-order valence-corrected chi connectivity index (χ4v) is 2.30. The summed E-state index contributed by atoms with van der Waals surface area (Å²) in [5.74, 6) is 0. The maximum Gasteiger partial charge on any atom is 0.256 e. The fourth-order valence-electron chi connectivity index (χ4n) is 2.30. The second kappa shape index (κ2) is 4.61. The highest BCUT2D eigenvalue weighted by molar-refractivity contribution is 5.53. The third-order valence-corrected chi connectivity index (χ3v) is 3.59. The van der Waals surface area contributed by atoms with E-state index in [0.29, 0.717) is 25.9 Å². The highest BCUT2D eigenvalue weighted by Gasteiger charge is 2.39. The molecule has 2 rings (SSSR count). The number of aryl methyl sites for hydroxylation is 1. The Morgan fingerprint density at radius 1 is 1.24 bits per heavy atom. The molecule has 0 atom stereocenters. The van der Waals surface area contributed by atoms with Crippen molar-refractivity contribution in [2.45, 2.75) is 31.7 Å². The van der Waals surface area contributed by atoms with Gasteiger partial charge in [-0.15, -0.1) is 0 Å². The minimum atomic E-state index is -2.43. The lowest BCUT2D eigenvalue weighted by atomic mass is 9.88. The molecule has 0 aromatic heterocycles. The minimum Gasteiger partial charge on any atom is -0.371 e. The molecule has 0 saturated carbocycles. The maximum absolute atomic E-state index is 12.8. The SMILES string of the molecule is Cc1ccccc1N1CCC(N)(C(F)F)CC1. The summed E-state index contributed by atoms with van der Waals surface area (Å²) >= 11 is 0. The lowest BCUT2D eigenvalue weighted by Gasteiger charge is -2.40. The van der Waals surface area contributed by atoms with Crippen molar-refractivity contribution in [3.8, 4) is 0 Å². The van der Waals surface area contributed by atoms with E-state index in [2.05, 4.69) is 4.90 Å². The van der Waals surface area contributed by atoms with Crippen molar-refractivity contribution in [2.75, 3.05) is 18.0 Å². The monoisotopic (exact) mass is 240 g/mol. The maximum atomic E-state index is 12.8. The summed E-state index contributed by atoms with van der Waals surface area (Å²) in [7, 11) is 0. The van der Waals surface area contributed by atoms with E-state index in [1.165, 1.54) is 5.56 Å². The van der Waals surface area contributed by atoms with Gasteiger partial charge in [0.05, 0.1) is 5.54 Å². The third kappa shape index (κ3) is 2.41. The summed E-state index contributed by atoms with van der Waals surface area (Å²) in [4.78, 5) is 2.14. The molecule has 1 aromatic rings. The number of rotatable bonds is 2. The predicted octanol–water partition coefficient (Wildman–Crippen LogP) is 2.56. The fraction of sp³-hybridized carbons (Fsp3) is 0.538. The molecule has 94 valence electrons. The van der Waals surface area contributed by atoms with Crippen LogP contribution in [-0.4, -0.2) is 25.1 Å². The van der Waals surface area contributed by atoms with Gasteiger partial charge in [0.25, 0.3) is 6.43 Å². The van der Waals surface area contributed by atoms with Gasteiger partial charge in [0.15, 0.2) is 0 Å². The van der Waals surface area contributed by atoms with Crippen molar-refractivity contribution in [3.05, 3.63) is 29.8 Å². The van der Waals surface area contributed by atoms with Crippen molar-refractivity contribution in [3.63, 3.8) is 0 Å². The molecular weight excluding hydrogens is 222 g/mol. The number of anilines is 1. The van der Waals surface area contributed by atoms with Gasteiger partial charge in [-0.25, -0.2) is 8.78 Å². The lowest BCUT2D eigenvalue weighted by molar-refractivity contribution is 0.0391. The highest BCUT2D eigenvalue weighted by Crippen LogP contribution is 2.30. The van der Waals surface area contributed by atoms with Crippen molar-refractivity contribution < 1.29 is 8.78 Å². The van der Waals surface area contributed by atoms with E-state index in [4.69, 9.17) is 5.73 Å². The minimum absolute atomic E-state index is 0.346. The molecule has 0 aliphatic carbocycles. The molecule has 0 spiro atoms. The number of halogens is 2. The molecule has 1 saturated heterocycles. The first-order chi connectivity index (χ1) is 8.03. The highest BCUT2D eigenvalue weighted by atomic mass is 19.3. The quantitative estimate of drug-likeness (QED) is 0.860. The number of para-hydroxylation sites is 1. The first-order valence-corrected chi connectivity index (χ1v) is 5.90. The van der Waals surface area contributed by atoms with Crippen LogP contribution in [0.4, 0.5) is 14.5 Å². The normalized spacial score (nSPS) is 19.7. The molecule has 4 heteroatoms. The van der Waals surface area contributed by atoms with Crippen molar-refractivity contribution in [1.82, 2.24) is 0 Å². The topological polar surface area (TPSA) is 29.3 Å². The van der Waals surface area contributed by atoms with E-state index in [9.17, 15) is 8.78 Å². The molecule has 1 aliphatic rings. The second-order valence-corrected chi connectivity index (χ2v) is 4.81. The van der Waals surface area contributed by atoms with Crippen LogP contribution in [-0.2, 0) is 0 Å². The van der Waals surface area contributed by atoms with Gasteiger partial charge in [0.2, 0.25) is 0 Å². The van der Waals surface area contributed by atoms with Gasteiger partial charge in [-0.05, 0) is 31.4 Å². The molecule has 17 heavy (non-hydrogen) atoms. The first-order valence-electron chi connectivity index (χ1n) is 5.90. The zero-order valence-electron chi connectivity index (χ0n) is 10.00. The van der Waals surface area contributed by atoms with E-state index >= 15 is 0 Å². The number of hydrogen-bond acceptors (Lipinski definition) is 2. The molecule has 0 bridgehead atoms. The van der Waals surface area contributed by atoms with E-state index in [1.807, 2.05) is 31.2 Å². The van der Waals surface area contributed by atoms with Crippen LogP contribution >= 0.6 is 0 Å². The molecule has 2 nitrogen and oxygen atoms in total. The van der Waals surface area contributed by atoms with Crippen molar-refractivity contribution in [1.29, 1.82) is 0 Å². The van der Waals surface area contributed by atoms with Gasteiger partial charge in [0.1, 0.15) is 0 Å². The zero-order chi connectivity index (χ0) is 12.5. The van der Waals surface area contributed by atoms with Crippen LogP contribution in [0.25, 0.3) is 0 Å². The summed E-state index contributed by atoms with van der Waals surface area (Å²) in [5.41, 5.74) is 6.71. The number of piperidine rings is 1. The van der Waals surface area contributed by atoms with E-state index < -0.39 is 12.0 Å². The molecule has 2 N–H and O–H groups in total. The molecule has 1 aliphatic heterocycles. The van der Waals surface area contributed by atoms with E-state index in [-0.39, 0.29) is 0 Å². The van der Waals surface area contributed by atoms with Crippen LogP contribution in [0.5, 0.6) is 0 Å². The van der Waals surface area contributed by atoms with Crippen LogP contribution in [0.15, 0.2) is 24.3 Å². The van der Waals surface area contributed by atoms with Crippen LogP contribution < -0.4 is 10.6 Å². The standard InChI is InChI=1S/C13H18F2N2/c1-10-4-2-3-5-11(10)17-8-6-13(16,7-9-17)12(14)15/h2-5,12H,6-9,16H2,1H3. The Kier molecular flexibility index (Phi) is 3.33. The number of nitrogens with zero attached hydrogens (tertiary/aromatic N) is 1. The molecule has 0 amide bonds. The van der Waals surface area contributed by atoms with Crippen molar-refractivity contribution >= 4 is 5.69 Å². The van der Waals surface area contributed by atoms with Crippen LogP contribution in [0.3, 0.4) is 0 Å². The van der Waals surface area contributed by atoms with E-state index in [1.54, 1.807) is 0 Å². The van der Waals surface area contributed by atoms with Crippen LogP contribution in [0.1, 0.15) is 18.4 Å². The van der Waals surface area contributed by atoms with Crippen molar-refractivity contribution in [2.24, 2.45) is 5.73 Å². The Balaban J connectivity index is 2.07. The average Bonchev–Trinajstić information content (AvgIpc) is 2.31. The molecule has 1 aromatic carbocycles. The van der Waals surface area contributed by atoms with Crippen LogP contribution in [0, 0.1) is 6.92 Å². The van der Waals surface area contributed by atoms with Gasteiger partial charge in [-0.3, -0.25) is 0 Å². The average molecular weight is 240 g/mol. The first kappa shape index (κ1) is 12.3. The number of alkyl halides is 2. The smallest absolute Gasteiger partial charge is 0.256 e. The Bertz CT molecular complexity index is 385. The largest absolute Gasteiger partial charge is 0.371 e. The van der Waals surface area contributed by atoms with Gasteiger partial charge in [-0.2, -0.15) is 0 Å². The van der Waals surface area contributed by atoms with E-state index in [0.717, 1.165) is 5.69 Å². The zero-order valence-corrected chi connectivity index (χ0v) is 10.00. The number of benzene rings is 1. The molecule has 0 unspecified atom stereocenters. The molecule has 1 fully saturated rings. The molecule has 1 heterocycles. The number of hydrogen-bond donors (Lipinski definition) is 1. The van der Waals surface area contributed by atoms with Gasteiger partial charge >= 0.3 is 0 Å². The summed E-state index contributed by atoms with van der Waals surface area (Å²) in [6.07, 6.45) is -1.74. The number of nitrogens with two attached hydrogens (primary N) is 1. The molecule has 0 radical (unpaired) electrons. The summed E-state index contributed by atoms with van der Waals surface area (Å²) in [6.45, 7) is 3.24. The third-order valence-electron chi connectivity index (χ3n) is 3.59. The Hall–Kier alpha value is -1.16. The lowest BCUT2D eigenvalue weighted by Crippen LogP contribution is -2.55. The summed E-state index contributed by atoms with van der Waals surface area (Å²) in [5, 5.41) is 0.